The molecule has 98 valence electrons. The largest absolute Gasteiger partial charge is 0.493 e. The van der Waals surface area contributed by atoms with E-state index in [-0.39, 0.29) is 0 Å². The molecular weight excluding hydrogens is 222 g/mol. The zero-order valence-electron chi connectivity index (χ0n) is 11.2. The Labute approximate surface area is 110 Å². The minimum atomic E-state index is 0.501. The van der Waals surface area contributed by atoms with Crippen molar-refractivity contribution in [2.75, 3.05) is 13.2 Å². The first-order chi connectivity index (χ1) is 8.83. The average Bonchev–Trinajstić information content (AvgIpc) is 2.82. The van der Waals surface area contributed by atoms with Crippen LogP contribution in [0.5, 0.6) is 5.75 Å². The summed E-state index contributed by atoms with van der Waals surface area (Å²) in [6, 6.07) is 7.11. The summed E-state index contributed by atoms with van der Waals surface area (Å²) in [6.07, 6.45) is 6.61. The smallest absolute Gasteiger partial charge is 0.124 e. The van der Waals surface area contributed by atoms with Crippen LogP contribution in [0.4, 0.5) is 0 Å². The molecule has 1 saturated heterocycles. The summed E-state index contributed by atoms with van der Waals surface area (Å²) >= 11 is 0. The number of rotatable bonds is 4. The highest BCUT2D eigenvalue weighted by atomic mass is 16.5. The van der Waals surface area contributed by atoms with Crippen molar-refractivity contribution in [1.29, 1.82) is 0 Å². The highest BCUT2D eigenvalue weighted by molar-refractivity contribution is 5.39. The second-order valence-corrected chi connectivity index (χ2v) is 5.80. The zero-order valence-corrected chi connectivity index (χ0v) is 11.2. The van der Waals surface area contributed by atoms with Crippen LogP contribution in [0.1, 0.15) is 49.3 Å². The van der Waals surface area contributed by atoms with Gasteiger partial charge in [0.2, 0.25) is 0 Å². The third kappa shape index (κ3) is 2.54. The molecule has 1 aliphatic carbocycles. The number of aryl methyl sites for hydroxylation is 1. The van der Waals surface area contributed by atoms with Crippen LogP contribution in [0.15, 0.2) is 18.2 Å². The molecule has 0 bridgehead atoms. The first kappa shape index (κ1) is 12.0. The molecule has 1 aliphatic heterocycles. The van der Waals surface area contributed by atoms with E-state index in [2.05, 4.69) is 30.4 Å². The van der Waals surface area contributed by atoms with Gasteiger partial charge in [-0.15, -0.1) is 0 Å². The van der Waals surface area contributed by atoms with Gasteiger partial charge in [0, 0.05) is 11.6 Å². The summed E-state index contributed by atoms with van der Waals surface area (Å²) in [5.74, 6) is 1.91. The summed E-state index contributed by atoms with van der Waals surface area (Å²) < 4.78 is 6.07. The van der Waals surface area contributed by atoms with Crippen molar-refractivity contribution in [3.8, 4) is 5.75 Å². The minimum Gasteiger partial charge on any atom is -0.493 e. The molecule has 1 saturated carbocycles. The number of nitrogens with one attached hydrogen (secondary N) is 1. The summed E-state index contributed by atoms with van der Waals surface area (Å²) in [4.78, 5) is 0. The third-order valence-electron chi connectivity index (χ3n) is 4.30. The van der Waals surface area contributed by atoms with Gasteiger partial charge in [0.25, 0.3) is 0 Å². The zero-order chi connectivity index (χ0) is 12.4. The first-order valence-corrected chi connectivity index (χ1v) is 7.29. The maximum absolute atomic E-state index is 6.07. The monoisotopic (exact) mass is 245 g/mol. The average molecular weight is 245 g/mol. The second kappa shape index (κ2) is 5.31. The van der Waals surface area contributed by atoms with E-state index < -0.39 is 0 Å². The van der Waals surface area contributed by atoms with Gasteiger partial charge in [-0.3, -0.25) is 0 Å². The van der Waals surface area contributed by atoms with Crippen LogP contribution in [0, 0.1) is 12.8 Å². The lowest BCUT2D eigenvalue weighted by Crippen LogP contribution is -2.20. The molecule has 2 aliphatic rings. The van der Waals surface area contributed by atoms with Gasteiger partial charge in [0.15, 0.2) is 0 Å². The van der Waals surface area contributed by atoms with Crippen molar-refractivity contribution in [2.24, 2.45) is 5.92 Å². The Morgan fingerprint density at radius 2 is 2.11 bits per heavy atom. The summed E-state index contributed by atoms with van der Waals surface area (Å²) in [6.45, 7) is 4.21. The van der Waals surface area contributed by atoms with Crippen molar-refractivity contribution in [3.05, 3.63) is 29.3 Å². The molecular formula is C16H23NO. The quantitative estimate of drug-likeness (QED) is 0.875. The third-order valence-corrected chi connectivity index (χ3v) is 4.30. The predicted molar refractivity (Wildman–Crippen MR) is 74.0 cm³/mol. The van der Waals surface area contributed by atoms with E-state index in [0.717, 1.165) is 24.8 Å². The number of benzene rings is 1. The van der Waals surface area contributed by atoms with Gasteiger partial charge in [0.1, 0.15) is 5.75 Å². The predicted octanol–water partition coefficient (Wildman–Crippen LogP) is 3.60. The lowest BCUT2D eigenvalue weighted by Gasteiger charge is -2.26. The van der Waals surface area contributed by atoms with Crippen molar-refractivity contribution < 1.29 is 4.74 Å². The molecule has 2 nitrogen and oxygen atoms in total. The second-order valence-electron chi connectivity index (χ2n) is 5.80. The van der Waals surface area contributed by atoms with Gasteiger partial charge >= 0.3 is 0 Å². The van der Waals surface area contributed by atoms with Crippen molar-refractivity contribution in [1.82, 2.24) is 5.32 Å². The Kier molecular flexibility index (Phi) is 3.55. The van der Waals surface area contributed by atoms with E-state index in [1.54, 1.807) is 0 Å². The van der Waals surface area contributed by atoms with Crippen LogP contribution >= 0.6 is 0 Å². The van der Waals surface area contributed by atoms with Gasteiger partial charge < -0.3 is 10.1 Å². The standard InChI is InChI=1S/C16H23NO/c1-12-7-8-16(18-11-13-4-2-5-13)14(10-12)15-6-3-9-17-15/h7-8,10,13,15,17H,2-6,9,11H2,1H3. The van der Waals surface area contributed by atoms with Crippen LogP contribution in [0.3, 0.4) is 0 Å². The van der Waals surface area contributed by atoms with Gasteiger partial charge in [-0.25, -0.2) is 0 Å². The summed E-state index contributed by atoms with van der Waals surface area (Å²) in [7, 11) is 0. The molecule has 1 N–H and O–H groups in total. The van der Waals surface area contributed by atoms with Crippen LogP contribution in [0.25, 0.3) is 0 Å². The van der Waals surface area contributed by atoms with Gasteiger partial charge in [-0.2, -0.15) is 0 Å². The summed E-state index contributed by atoms with van der Waals surface area (Å²) in [5.41, 5.74) is 2.70. The van der Waals surface area contributed by atoms with E-state index in [1.807, 2.05) is 0 Å². The van der Waals surface area contributed by atoms with E-state index in [0.29, 0.717) is 6.04 Å². The molecule has 0 aromatic heterocycles. The maximum Gasteiger partial charge on any atom is 0.124 e. The highest BCUT2D eigenvalue weighted by Crippen LogP contribution is 2.33. The van der Waals surface area contributed by atoms with Crippen LogP contribution in [0.2, 0.25) is 0 Å². The Morgan fingerprint density at radius 3 is 2.78 bits per heavy atom. The Hall–Kier alpha value is -1.02. The molecule has 0 spiro atoms. The van der Waals surface area contributed by atoms with Crippen molar-refractivity contribution >= 4 is 0 Å². The summed E-state index contributed by atoms with van der Waals surface area (Å²) in [5, 5.41) is 3.58. The fraction of sp³-hybridized carbons (Fsp3) is 0.625. The molecule has 0 radical (unpaired) electrons. The lowest BCUT2D eigenvalue weighted by atomic mass is 9.86. The molecule has 1 atom stereocenters. The molecule has 1 unspecified atom stereocenters. The normalized spacial score (nSPS) is 23.9. The number of ether oxygens (including phenoxy) is 1. The van der Waals surface area contributed by atoms with Gasteiger partial charge in [-0.1, -0.05) is 24.1 Å². The molecule has 3 rings (SSSR count). The fourth-order valence-electron chi connectivity index (χ4n) is 2.89. The Bertz CT molecular complexity index is 406. The van der Waals surface area contributed by atoms with E-state index >= 15 is 0 Å². The fourth-order valence-corrected chi connectivity index (χ4v) is 2.89. The van der Waals surface area contributed by atoms with Gasteiger partial charge in [0.05, 0.1) is 6.61 Å². The first-order valence-electron chi connectivity index (χ1n) is 7.29. The lowest BCUT2D eigenvalue weighted by molar-refractivity contribution is 0.178. The number of hydrogen-bond donors (Lipinski definition) is 1. The Morgan fingerprint density at radius 1 is 1.22 bits per heavy atom. The molecule has 1 aromatic rings. The molecule has 18 heavy (non-hydrogen) atoms. The van der Waals surface area contributed by atoms with Crippen molar-refractivity contribution in [3.63, 3.8) is 0 Å². The van der Waals surface area contributed by atoms with E-state index in [4.69, 9.17) is 4.74 Å². The maximum atomic E-state index is 6.07. The van der Waals surface area contributed by atoms with Crippen LogP contribution in [-0.4, -0.2) is 13.2 Å². The Balaban J connectivity index is 1.73. The SMILES string of the molecule is Cc1ccc(OCC2CCC2)c(C2CCCN2)c1. The van der Waals surface area contributed by atoms with E-state index in [1.165, 1.54) is 43.2 Å². The highest BCUT2D eigenvalue weighted by Gasteiger charge is 2.22. The minimum absolute atomic E-state index is 0.501. The molecule has 0 amide bonds. The number of hydrogen-bond acceptors (Lipinski definition) is 2. The molecule has 1 heterocycles. The van der Waals surface area contributed by atoms with Gasteiger partial charge in [-0.05, 0) is 51.1 Å². The van der Waals surface area contributed by atoms with Crippen LogP contribution in [-0.2, 0) is 0 Å². The molecule has 1 aromatic carbocycles. The molecule has 2 heteroatoms. The van der Waals surface area contributed by atoms with Crippen LogP contribution < -0.4 is 10.1 Å². The van der Waals surface area contributed by atoms with E-state index in [9.17, 15) is 0 Å². The topological polar surface area (TPSA) is 21.3 Å². The molecule has 2 fully saturated rings. The van der Waals surface area contributed by atoms with Crippen molar-refractivity contribution in [2.45, 2.75) is 45.1 Å².